The Hall–Kier alpha value is -1.91. The minimum absolute atomic E-state index is 0.352. The summed E-state index contributed by atoms with van der Waals surface area (Å²) in [6.07, 6.45) is 0. The number of amides is 1. The van der Waals surface area contributed by atoms with E-state index < -0.39 is 0 Å². The van der Waals surface area contributed by atoms with Gasteiger partial charge in [0.05, 0.1) is 28.5 Å². The van der Waals surface area contributed by atoms with E-state index in [9.17, 15) is 4.79 Å². The largest absolute Gasteiger partial charge is 0.495 e. The molecule has 0 atom stereocenters. The molecule has 2 aromatic rings. The van der Waals surface area contributed by atoms with Crippen LogP contribution in [0.15, 0.2) is 36.4 Å². The van der Waals surface area contributed by atoms with Crippen LogP contribution in [0.4, 0.5) is 11.4 Å². The van der Waals surface area contributed by atoms with Crippen molar-refractivity contribution in [3.63, 3.8) is 0 Å². The van der Waals surface area contributed by atoms with E-state index in [-0.39, 0.29) is 5.91 Å². The van der Waals surface area contributed by atoms with Crippen molar-refractivity contribution < 1.29 is 9.53 Å². The van der Waals surface area contributed by atoms with Crippen molar-refractivity contribution in [2.24, 2.45) is 0 Å². The third-order valence-electron chi connectivity index (χ3n) is 2.69. The van der Waals surface area contributed by atoms with Crippen LogP contribution in [0.25, 0.3) is 0 Å². The third-order valence-corrected chi connectivity index (χ3v) is 3.32. The first-order valence-electron chi connectivity index (χ1n) is 5.72. The highest BCUT2D eigenvalue weighted by atomic mass is 35.5. The van der Waals surface area contributed by atoms with Crippen molar-refractivity contribution >= 4 is 40.5 Å². The molecule has 104 valence electrons. The number of ether oxygens (including phenoxy) is 1. The predicted octanol–water partition coefficient (Wildman–Crippen LogP) is 3.84. The van der Waals surface area contributed by atoms with Gasteiger partial charge in [0.25, 0.3) is 5.91 Å². The number of rotatable bonds is 3. The van der Waals surface area contributed by atoms with Gasteiger partial charge in [0.15, 0.2) is 0 Å². The Morgan fingerprint density at radius 2 is 1.85 bits per heavy atom. The lowest BCUT2D eigenvalue weighted by molar-refractivity contribution is 0.102. The van der Waals surface area contributed by atoms with Crippen LogP contribution in [-0.2, 0) is 0 Å². The zero-order valence-electron chi connectivity index (χ0n) is 10.6. The van der Waals surface area contributed by atoms with Crippen molar-refractivity contribution in [1.82, 2.24) is 0 Å². The van der Waals surface area contributed by atoms with Crippen LogP contribution in [0.2, 0.25) is 10.0 Å². The topological polar surface area (TPSA) is 64.3 Å². The lowest BCUT2D eigenvalue weighted by atomic mass is 10.1. The maximum atomic E-state index is 12.1. The van der Waals surface area contributed by atoms with Gasteiger partial charge in [-0.2, -0.15) is 0 Å². The summed E-state index contributed by atoms with van der Waals surface area (Å²) in [5.74, 6) is 0.159. The van der Waals surface area contributed by atoms with Gasteiger partial charge in [0, 0.05) is 5.56 Å². The summed E-state index contributed by atoms with van der Waals surface area (Å²) in [5.41, 5.74) is 6.90. The number of nitrogens with one attached hydrogen (secondary N) is 1. The number of halogens is 2. The summed E-state index contributed by atoms with van der Waals surface area (Å²) in [6, 6.07) is 9.75. The van der Waals surface area contributed by atoms with Gasteiger partial charge in [-0.05, 0) is 30.3 Å². The molecular weight excluding hydrogens is 299 g/mol. The molecular formula is C14H12Cl2N2O2. The number of para-hydroxylation sites is 1. The average Bonchev–Trinajstić information content (AvgIpc) is 2.42. The van der Waals surface area contributed by atoms with Crippen LogP contribution in [0.5, 0.6) is 5.75 Å². The van der Waals surface area contributed by atoms with Gasteiger partial charge < -0.3 is 15.8 Å². The van der Waals surface area contributed by atoms with E-state index in [1.54, 1.807) is 30.3 Å². The molecule has 2 aromatic carbocycles. The summed E-state index contributed by atoms with van der Waals surface area (Å²) in [4.78, 5) is 12.1. The Kier molecular flexibility index (Phi) is 4.37. The molecule has 0 unspecified atom stereocenters. The van der Waals surface area contributed by atoms with Gasteiger partial charge >= 0.3 is 0 Å². The highest BCUT2D eigenvalue weighted by Crippen LogP contribution is 2.30. The van der Waals surface area contributed by atoms with Crippen molar-refractivity contribution in [3.05, 3.63) is 52.0 Å². The maximum absolute atomic E-state index is 12.1. The smallest absolute Gasteiger partial charge is 0.255 e. The second-order valence-electron chi connectivity index (χ2n) is 4.01. The molecule has 0 bridgehead atoms. The van der Waals surface area contributed by atoms with E-state index in [0.717, 1.165) is 0 Å². The Bertz CT molecular complexity index is 639. The molecule has 0 heterocycles. The lowest BCUT2D eigenvalue weighted by Gasteiger charge is -2.10. The molecule has 6 heteroatoms. The van der Waals surface area contributed by atoms with Gasteiger partial charge in [-0.25, -0.2) is 0 Å². The molecule has 0 fully saturated rings. The van der Waals surface area contributed by atoms with E-state index >= 15 is 0 Å². The standard InChI is InChI=1S/C14H12Cl2N2O2/c1-20-12-6-5-8(7-11(12)17)14(19)18-13-9(15)3-2-4-10(13)16/h2-7H,17H2,1H3,(H,18,19). The minimum Gasteiger partial charge on any atom is -0.495 e. The first-order chi connectivity index (χ1) is 9.52. The van der Waals surface area contributed by atoms with E-state index in [4.69, 9.17) is 33.7 Å². The number of hydrogen-bond acceptors (Lipinski definition) is 3. The molecule has 0 aliphatic heterocycles. The average molecular weight is 311 g/mol. The molecule has 4 nitrogen and oxygen atoms in total. The Morgan fingerprint density at radius 1 is 1.20 bits per heavy atom. The Labute approximate surface area is 126 Å². The third kappa shape index (κ3) is 2.98. The van der Waals surface area contributed by atoms with Gasteiger partial charge in [-0.1, -0.05) is 29.3 Å². The summed E-state index contributed by atoms with van der Waals surface area (Å²) in [6.45, 7) is 0. The van der Waals surface area contributed by atoms with E-state index in [1.807, 2.05) is 0 Å². The number of carbonyl (C=O) groups is 1. The monoisotopic (exact) mass is 310 g/mol. The highest BCUT2D eigenvalue weighted by Gasteiger charge is 2.12. The van der Waals surface area contributed by atoms with Crippen molar-refractivity contribution in [2.75, 3.05) is 18.2 Å². The van der Waals surface area contributed by atoms with Gasteiger partial charge in [0.1, 0.15) is 5.75 Å². The van der Waals surface area contributed by atoms with Crippen LogP contribution >= 0.6 is 23.2 Å². The van der Waals surface area contributed by atoms with Crippen LogP contribution in [0.1, 0.15) is 10.4 Å². The molecule has 2 rings (SSSR count). The molecule has 0 spiro atoms. The number of carbonyl (C=O) groups excluding carboxylic acids is 1. The van der Waals surface area contributed by atoms with Crippen LogP contribution in [-0.4, -0.2) is 13.0 Å². The Morgan fingerprint density at radius 3 is 2.40 bits per heavy atom. The predicted molar refractivity (Wildman–Crippen MR) is 81.8 cm³/mol. The summed E-state index contributed by atoms with van der Waals surface area (Å²) < 4.78 is 5.04. The van der Waals surface area contributed by atoms with Crippen LogP contribution in [0, 0.1) is 0 Å². The first kappa shape index (κ1) is 14.5. The normalized spacial score (nSPS) is 10.2. The fourth-order valence-corrected chi connectivity index (χ4v) is 2.17. The highest BCUT2D eigenvalue weighted by molar-refractivity contribution is 6.40. The van der Waals surface area contributed by atoms with Crippen molar-refractivity contribution in [2.45, 2.75) is 0 Å². The molecule has 0 radical (unpaired) electrons. The zero-order chi connectivity index (χ0) is 14.7. The lowest BCUT2D eigenvalue weighted by Crippen LogP contribution is -2.13. The number of hydrogen-bond donors (Lipinski definition) is 2. The SMILES string of the molecule is COc1ccc(C(=O)Nc2c(Cl)cccc2Cl)cc1N. The van der Waals surface area contributed by atoms with E-state index in [0.29, 0.717) is 32.7 Å². The summed E-state index contributed by atoms with van der Waals surface area (Å²) >= 11 is 12.0. The number of methoxy groups -OCH3 is 1. The molecule has 0 aliphatic carbocycles. The summed E-state index contributed by atoms with van der Waals surface area (Å²) in [7, 11) is 1.51. The van der Waals surface area contributed by atoms with Gasteiger partial charge in [-0.3, -0.25) is 4.79 Å². The number of anilines is 2. The first-order valence-corrected chi connectivity index (χ1v) is 6.47. The minimum atomic E-state index is -0.352. The second kappa shape index (κ2) is 6.03. The van der Waals surface area contributed by atoms with Gasteiger partial charge in [0.2, 0.25) is 0 Å². The van der Waals surface area contributed by atoms with E-state index in [2.05, 4.69) is 5.32 Å². The molecule has 0 aromatic heterocycles. The van der Waals surface area contributed by atoms with Crippen LogP contribution < -0.4 is 15.8 Å². The van der Waals surface area contributed by atoms with Crippen molar-refractivity contribution in [1.29, 1.82) is 0 Å². The number of nitrogens with two attached hydrogens (primary N) is 1. The number of nitrogen functional groups attached to an aromatic ring is 1. The fourth-order valence-electron chi connectivity index (χ4n) is 1.68. The second-order valence-corrected chi connectivity index (χ2v) is 4.82. The van der Waals surface area contributed by atoms with Crippen LogP contribution in [0.3, 0.4) is 0 Å². The summed E-state index contributed by atoms with van der Waals surface area (Å²) in [5, 5.41) is 3.40. The Balaban J connectivity index is 2.26. The maximum Gasteiger partial charge on any atom is 0.255 e. The quantitative estimate of drug-likeness (QED) is 0.847. The van der Waals surface area contributed by atoms with Gasteiger partial charge in [-0.15, -0.1) is 0 Å². The molecule has 1 amide bonds. The molecule has 3 N–H and O–H groups in total. The number of benzene rings is 2. The molecule has 20 heavy (non-hydrogen) atoms. The van der Waals surface area contributed by atoms with E-state index in [1.165, 1.54) is 13.2 Å². The molecule has 0 saturated heterocycles. The zero-order valence-corrected chi connectivity index (χ0v) is 12.1. The van der Waals surface area contributed by atoms with Crippen molar-refractivity contribution in [3.8, 4) is 5.75 Å². The fraction of sp³-hybridized carbons (Fsp3) is 0.0714. The molecule has 0 aliphatic rings. The molecule has 0 saturated carbocycles.